The fourth-order valence-electron chi connectivity index (χ4n) is 7.57. The van der Waals surface area contributed by atoms with Crippen molar-refractivity contribution in [1.82, 2.24) is 20.4 Å². The highest BCUT2D eigenvalue weighted by Gasteiger charge is 2.28. The standard InChI is InChI=1S/2C24H32ClN3O4.C4H4O4/c2*1-17(29)27-22-8-7-21(30)13-23(22)32-16-24(2,31)15-26-20-9-11-28(12-10-20)14-18-3-5-19(25)6-4-18;5-3(6)1-2-4(7)8/h2*3-8,13,20,26,30-31H,9-12,14-16H2,1-2H3,(H,27,29);1-2H,(H,5,6)(H,7,8)/b;;2-1+/t2*24-;/m00./s1. The van der Waals surface area contributed by atoms with E-state index in [-0.39, 0.29) is 36.5 Å². The molecule has 392 valence electrons. The number of carbonyl (C=O) groups is 4. The molecule has 2 heterocycles. The Hall–Kier alpha value is -5.96. The van der Waals surface area contributed by atoms with Crippen molar-refractivity contribution in [2.45, 2.75) is 89.8 Å². The van der Waals surface area contributed by atoms with Gasteiger partial charge in [0.2, 0.25) is 11.8 Å². The number of carbonyl (C=O) groups excluding carboxylic acids is 2. The number of aromatic hydroxyl groups is 2. The first kappa shape index (κ1) is 58.6. The van der Waals surface area contributed by atoms with Crippen molar-refractivity contribution in [3.05, 3.63) is 118 Å². The number of amides is 2. The van der Waals surface area contributed by atoms with E-state index in [2.05, 4.69) is 55.3 Å². The molecule has 2 amide bonds. The Morgan fingerprint density at radius 1 is 0.597 bits per heavy atom. The van der Waals surface area contributed by atoms with Gasteiger partial charge in [0.1, 0.15) is 47.4 Å². The summed E-state index contributed by atoms with van der Waals surface area (Å²) in [6.07, 6.45) is 5.13. The van der Waals surface area contributed by atoms with Crippen molar-refractivity contribution in [2.75, 3.05) is 63.1 Å². The van der Waals surface area contributed by atoms with Crippen LogP contribution in [-0.4, -0.2) is 140 Å². The Morgan fingerprint density at radius 2 is 0.931 bits per heavy atom. The molecule has 0 saturated carbocycles. The van der Waals surface area contributed by atoms with Gasteiger partial charge in [0.15, 0.2) is 0 Å². The molecule has 2 atom stereocenters. The number of hydrogen-bond acceptors (Lipinski definition) is 14. The average molecular weight is 1040 g/mol. The van der Waals surface area contributed by atoms with Crippen LogP contribution < -0.4 is 30.7 Å². The number of nitrogens with one attached hydrogen (secondary N) is 4. The fourth-order valence-corrected chi connectivity index (χ4v) is 7.82. The smallest absolute Gasteiger partial charge is 0.328 e. The molecule has 2 saturated heterocycles. The highest BCUT2D eigenvalue weighted by Crippen LogP contribution is 2.31. The van der Waals surface area contributed by atoms with Gasteiger partial charge in [0.05, 0.1) is 11.4 Å². The van der Waals surface area contributed by atoms with Gasteiger partial charge >= 0.3 is 11.9 Å². The number of halogens is 2. The predicted octanol–water partition coefficient (Wildman–Crippen LogP) is 6.49. The molecule has 10 N–H and O–H groups in total. The first-order valence-corrected chi connectivity index (χ1v) is 24.2. The minimum atomic E-state index is -1.26. The van der Waals surface area contributed by atoms with Crippen molar-refractivity contribution in [1.29, 1.82) is 0 Å². The number of anilines is 2. The van der Waals surface area contributed by atoms with Crippen molar-refractivity contribution in [3.8, 4) is 23.0 Å². The normalized spacial score (nSPS) is 16.2. The van der Waals surface area contributed by atoms with Crippen molar-refractivity contribution in [2.24, 2.45) is 0 Å². The van der Waals surface area contributed by atoms with Gasteiger partial charge in [-0.1, -0.05) is 47.5 Å². The monoisotopic (exact) mass is 1040 g/mol. The number of benzene rings is 4. The topological polar surface area (TPSA) is 263 Å². The number of aliphatic carboxylic acids is 2. The molecule has 20 heteroatoms. The molecule has 0 radical (unpaired) electrons. The zero-order chi connectivity index (χ0) is 52.8. The lowest BCUT2D eigenvalue weighted by Crippen LogP contribution is -2.49. The summed E-state index contributed by atoms with van der Waals surface area (Å²) in [6.45, 7) is 12.8. The number of ether oxygens (including phenoxy) is 2. The van der Waals surface area contributed by atoms with Gasteiger partial charge in [-0.25, -0.2) is 9.59 Å². The molecule has 2 fully saturated rings. The van der Waals surface area contributed by atoms with Crippen LogP contribution in [0.5, 0.6) is 23.0 Å². The minimum absolute atomic E-state index is 0.0193. The fraction of sp³-hybridized carbons (Fsp3) is 0.423. The molecule has 0 bridgehead atoms. The lowest BCUT2D eigenvalue weighted by Gasteiger charge is -2.34. The third-order valence-corrected chi connectivity index (χ3v) is 11.9. The number of phenolic OH excluding ortho intramolecular Hbond substituents is 2. The van der Waals surface area contributed by atoms with Crippen LogP contribution in [0.25, 0.3) is 0 Å². The lowest BCUT2D eigenvalue weighted by atomic mass is 10.0. The maximum atomic E-state index is 11.4. The number of aliphatic hydroxyl groups is 2. The van der Waals surface area contributed by atoms with E-state index in [1.54, 1.807) is 26.0 Å². The number of carboxylic acid groups (broad SMARTS) is 2. The molecule has 0 aromatic heterocycles. The molecule has 72 heavy (non-hydrogen) atoms. The highest BCUT2D eigenvalue weighted by molar-refractivity contribution is 6.30. The van der Waals surface area contributed by atoms with Crippen molar-refractivity contribution < 1.29 is 59.3 Å². The van der Waals surface area contributed by atoms with Crippen LogP contribution in [0.1, 0.15) is 64.5 Å². The van der Waals surface area contributed by atoms with Crippen molar-refractivity contribution in [3.63, 3.8) is 0 Å². The second kappa shape index (κ2) is 28.9. The summed E-state index contributed by atoms with van der Waals surface area (Å²) in [5, 5.41) is 70.3. The van der Waals surface area contributed by atoms with E-state index in [1.807, 2.05) is 24.3 Å². The molecule has 0 unspecified atom stereocenters. The molecule has 4 aromatic rings. The Kier molecular flexibility index (Phi) is 23.5. The van der Waals surface area contributed by atoms with Gasteiger partial charge in [-0.2, -0.15) is 0 Å². The number of phenols is 2. The van der Waals surface area contributed by atoms with Gasteiger partial charge in [-0.15, -0.1) is 0 Å². The summed E-state index contributed by atoms with van der Waals surface area (Å²) in [7, 11) is 0. The van der Waals surface area contributed by atoms with E-state index in [0.717, 1.165) is 75.0 Å². The van der Waals surface area contributed by atoms with E-state index in [9.17, 15) is 39.6 Å². The first-order valence-electron chi connectivity index (χ1n) is 23.5. The quantitative estimate of drug-likeness (QED) is 0.0335. The van der Waals surface area contributed by atoms with Crippen molar-refractivity contribution >= 4 is 58.3 Å². The van der Waals surface area contributed by atoms with Crippen LogP contribution in [0.4, 0.5) is 11.4 Å². The van der Waals surface area contributed by atoms with Crippen LogP contribution >= 0.6 is 23.2 Å². The van der Waals surface area contributed by atoms with Crippen LogP contribution in [0, 0.1) is 0 Å². The number of rotatable bonds is 20. The highest BCUT2D eigenvalue weighted by atomic mass is 35.5. The molecule has 18 nitrogen and oxygen atoms in total. The van der Waals surface area contributed by atoms with Crippen LogP contribution in [0.3, 0.4) is 0 Å². The number of hydrogen-bond donors (Lipinski definition) is 10. The lowest BCUT2D eigenvalue weighted by molar-refractivity contribution is -0.134. The third-order valence-electron chi connectivity index (χ3n) is 11.4. The van der Waals surface area contributed by atoms with E-state index in [1.165, 1.54) is 49.2 Å². The van der Waals surface area contributed by atoms with Gasteiger partial charge in [0, 0.05) is 86.4 Å². The molecule has 2 aliphatic heterocycles. The van der Waals surface area contributed by atoms with E-state index < -0.39 is 23.1 Å². The zero-order valence-electron chi connectivity index (χ0n) is 41.1. The van der Waals surface area contributed by atoms with E-state index >= 15 is 0 Å². The van der Waals surface area contributed by atoms with Gasteiger partial charge < -0.3 is 61.4 Å². The van der Waals surface area contributed by atoms with E-state index in [4.69, 9.17) is 42.9 Å². The Morgan fingerprint density at radius 3 is 1.24 bits per heavy atom. The molecule has 6 rings (SSSR count). The molecule has 0 spiro atoms. The molecule has 4 aromatic carbocycles. The number of nitrogens with zero attached hydrogens (tertiary/aromatic N) is 2. The Labute approximate surface area is 430 Å². The van der Waals surface area contributed by atoms with Crippen LogP contribution in [0.15, 0.2) is 97.1 Å². The van der Waals surface area contributed by atoms with Crippen LogP contribution in [-0.2, 0) is 32.3 Å². The predicted molar refractivity (Wildman–Crippen MR) is 277 cm³/mol. The summed E-state index contributed by atoms with van der Waals surface area (Å²) in [5.74, 6) is -2.31. The maximum Gasteiger partial charge on any atom is 0.328 e. The SMILES string of the molecule is CC(=O)Nc1ccc(O)cc1OC[C@@](C)(O)CNC1CCN(Cc2ccc(Cl)cc2)CC1.CC(=O)Nc1ccc(O)cc1OC[C@@](C)(O)CNC1CCN(Cc2ccc(Cl)cc2)CC1.O=C(O)/C=C/C(=O)O. The third kappa shape index (κ3) is 23.1. The first-order chi connectivity index (χ1) is 34.0. The van der Waals surface area contributed by atoms with Gasteiger partial charge in [-0.3, -0.25) is 19.4 Å². The number of piperidine rings is 2. The van der Waals surface area contributed by atoms with Gasteiger partial charge in [0.25, 0.3) is 0 Å². The second-order valence-electron chi connectivity index (χ2n) is 18.4. The summed E-state index contributed by atoms with van der Waals surface area (Å²) in [5.41, 5.74) is 1.19. The second-order valence-corrected chi connectivity index (χ2v) is 19.3. The summed E-state index contributed by atoms with van der Waals surface area (Å²) >= 11 is 11.9. The number of carboxylic acids is 2. The minimum Gasteiger partial charge on any atom is -0.508 e. The summed E-state index contributed by atoms with van der Waals surface area (Å²) in [6, 6.07) is 25.5. The summed E-state index contributed by atoms with van der Waals surface area (Å²) < 4.78 is 11.5. The molecule has 2 aliphatic rings. The summed E-state index contributed by atoms with van der Waals surface area (Å²) in [4.78, 5) is 46.7. The maximum absolute atomic E-state index is 11.4. The Balaban J connectivity index is 0.000000271. The Bertz CT molecular complexity index is 2220. The molecular formula is C52H68Cl2N6O12. The van der Waals surface area contributed by atoms with Gasteiger partial charge in [-0.05, 0) is 125 Å². The van der Waals surface area contributed by atoms with Crippen LogP contribution in [0.2, 0.25) is 10.0 Å². The number of likely N-dealkylation sites (tertiary alicyclic amines) is 2. The average Bonchev–Trinajstić information content (AvgIpc) is 3.32. The van der Waals surface area contributed by atoms with E-state index in [0.29, 0.717) is 60.2 Å². The molecule has 0 aliphatic carbocycles. The zero-order valence-corrected chi connectivity index (χ0v) is 42.6. The largest absolute Gasteiger partial charge is 0.508 e. The molecular weight excluding hydrogens is 972 g/mol.